The highest BCUT2D eigenvalue weighted by atomic mass is 32.1. The van der Waals surface area contributed by atoms with Gasteiger partial charge in [0, 0.05) is 18.7 Å². The third-order valence-corrected chi connectivity index (χ3v) is 5.49. The number of hydrogen-bond donors (Lipinski definition) is 1. The number of para-hydroxylation sites is 1. The Morgan fingerprint density at radius 1 is 1.14 bits per heavy atom. The maximum atomic E-state index is 12.4. The van der Waals surface area contributed by atoms with Crippen LogP contribution in [-0.4, -0.2) is 29.1 Å². The molecule has 5 nitrogen and oxygen atoms in total. The van der Waals surface area contributed by atoms with Crippen molar-refractivity contribution in [3.05, 3.63) is 71.1 Å². The molecular formula is C22H21N3O2S. The maximum Gasteiger partial charge on any atom is 0.251 e. The van der Waals surface area contributed by atoms with E-state index < -0.39 is 0 Å². The van der Waals surface area contributed by atoms with Crippen molar-refractivity contribution in [2.45, 2.75) is 13.5 Å². The average molecular weight is 391 g/mol. The monoisotopic (exact) mass is 391 g/mol. The van der Waals surface area contributed by atoms with Gasteiger partial charge in [0.05, 0.1) is 17.5 Å². The third-order valence-electron chi connectivity index (χ3n) is 4.63. The number of rotatable bonds is 6. The van der Waals surface area contributed by atoms with E-state index in [2.05, 4.69) is 16.0 Å². The second kappa shape index (κ2) is 7.86. The van der Waals surface area contributed by atoms with Gasteiger partial charge < -0.3 is 14.6 Å². The van der Waals surface area contributed by atoms with Gasteiger partial charge in [-0.2, -0.15) is 0 Å². The number of imidazole rings is 1. The summed E-state index contributed by atoms with van der Waals surface area (Å²) in [5, 5.41) is 5.04. The fourth-order valence-electron chi connectivity index (χ4n) is 3.22. The normalized spacial score (nSPS) is 10.9. The lowest BCUT2D eigenvalue weighted by molar-refractivity contribution is 0.0952. The van der Waals surface area contributed by atoms with Gasteiger partial charge in [-0.05, 0) is 42.6 Å². The number of ether oxygens (including phenoxy) is 1. The first kappa shape index (κ1) is 18.3. The molecule has 0 saturated heterocycles. The van der Waals surface area contributed by atoms with Crippen molar-refractivity contribution in [1.82, 2.24) is 14.9 Å². The van der Waals surface area contributed by atoms with Crippen LogP contribution in [-0.2, 0) is 6.54 Å². The van der Waals surface area contributed by atoms with E-state index >= 15 is 0 Å². The van der Waals surface area contributed by atoms with Gasteiger partial charge in [-0.3, -0.25) is 4.79 Å². The molecule has 0 fully saturated rings. The molecule has 1 amide bonds. The molecule has 6 heteroatoms. The Morgan fingerprint density at radius 2 is 1.96 bits per heavy atom. The van der Waals surface area contributed by atoms with E-state index in [4.69, 9.17) is 9.72 Å². The zero-order valence-electron chi connectivity index (χ0n) is 15.8. The zero-order valence-corrected chi connectivity index (χ0v) is 16.6. The number of carbonyl (C=O) groups excluding carboxylic acids is 1. The second-order valence-electron chi connectivity index (χ2n) is 6.51. The quantitative estimate of drug-likeness (QED) is 0.526. The number of nitrogens with one attached hydrogen (secondary N) is 1. The predicted octanol–water partition coefficient (Wildman–Crippen LogP) is 4.51. The fraction of sp³-hybridized carbons (Fsp3) is 0.182. The lowest BCUT2D eigenvalue weighted by Gasteiger charge is -2.12. The van der Waals surface area contributed by atoms with Crippen LogP contribution >= 0.6 is 11.3 Å². The number of thiophene rings is 1. The van der Waals surface area contributed by atoms with Crippen LogP contribution in [0, 0.1) is 6.92 Å². The molecule has 0 aliphatic carbocycles. The molecule has 0 unspecified atom stereocenters. The Morgan fingerprint density at radius 3 is 2.68 bits per heavy atom. The maximum absolute atomic E-state index is 12.4. The molecule has 28 heavy (non-hydrogen) atoms. The van der Waals surface area contributed by atoms with E-state index in [0.29, 0.717) is 18.7 Å². The number of fused-ring (bicyclic) bond motifs is 1. The molecule has 0 saturated carbocycles. The Kier molecular flexibility index (Phi) is 5.12. The molecule has 0 bridgehead atoms. The number of benzene rings is 2. The molecule has 0 radical (unpaired) electrons. The molecule has 0 spiro atoms. The molecule has 0 aliphatic rings. The Labute approximate surface area is 167 Å². The largest absolute Gasteiger partial charge is 0.494 e. The number of aromatic nitrogens is 2. The summed E-state index contributed by atoms with van der Waals surface area (Å²) in [6.07, 6.45) is 0. The summed E-state index contributed by atoms with van der Waals surface area (Å²) < 4.78 is 7.68. The van der Waals surface area contributed by atoms with E-state index in [-0.39, 0.29) is 5.91 Å². The Bertz CT molecular complexity index is 1100. The summed E-state index contributed by atoms with van der Waals surface area (Å²) in [4.78, 5) is 18.3. The topological polar surface area (TPSA) is 56.1 Å². The standard InChI is InChI=1S/C22H21N3O2S/c1-15-8-10-16(11-9-15)22(26)23-12-13-25-20-17(5-3-6-18(20)27-2)24-21(25)19-7-4-14-28-19/h3-11,14H,12-13H2,1-2H3,(H,23,26). The first-order chi connectivity index (χ1) is 13.7. The van der Waals surface area contributed by atoms with Crippen LogP contribution in [0.15, 0.2) is 60.0 Å². The number of carbonyl (C=O) groups is 1. The minimum Gasteiger partial charge on any atom is -0.494 e. The molecule has 2 aromatic heterocycles. The van der Waals surface area contributed by atoms with Crippen LogP contribution in [0.25, 0.3) is 21.7 Å². The van der Waals surface area contributed by atoms with Crippen molar-refractivity contribution in [3.63, 3.8) is 0 Å². The van der Waals surface area contributed by atoms with Crippen LogP contribution in [0.4, 0.5) is 0 Å². The molecule has 4 rings (SSSR count). The molecule has 2 heterocycles. The van der Waals surface area contributed by atoms with Crippen molar-refractivity contribution in [3.8, 4) is 16.5 Å². The minimum absolute atomic E-state index is 0.0749. The van der Waals surface area contributed by atoms with Crippen molar-refractivity contribution >= 4 is 28.3 Å². The number of hydrogen-bond acceptors (Lipinski definition) is 4. The third kappa shape index (κ3) is 3.51. The molecular weight excluding hydrogens is 370 g/mol. The minimum atomic E-state index is -0.0749. The molecule has 142 valence electrons. The first-order valence-electron chi connectivity index (χ1n) is 9.09. The van der Waals surface area contributed by atoms with E-state index in [9.17, 15) is 4.79 Å². The van der Waals surface area contributed by atoms with Gasteiger partial charge in [0.1, 0.15) is 11.3 Å². The summed E-state index contributed by atoms with van der Waals surface area (Å²) in [6.45, 7) is 3.10. The van der Waals surface area contributed by atoms with E-state index in [1.165, 1.54) is 0 Å². The Balaban J connectivity index is 1.61. The number of methoxy groups -OCH3 is 1. The second-order valence-corrected chi connectivity index (χ2v) is 7.46. The van der Waals surface area contributed by atoms with Crippen LogP contribution < -0.4 is 10.1 Å². The van der Waals surface area contributed by atoms with Gasteiger partial charge in [0.25, 0.3) is 5.91 Å². The fourth-order valence-corrected chi connectivity index (χ4v) is 3.94. The van der Waals surface area contributed by atoms with Gasteiger partial charge in [0.15, 0.2) is 5.82 Å². The summed E-state index contributed by atoms with van der Waals surface area (Å²) >= 11 is 1.65. The number of nitrogens with zero attached hydrogens (tertiary/aromatic N) is 2. The van der Waals surface area contributed by atoms with Crippen LogP contribution in [0.1, 0.15) is 15.9 Å². The molecule has 0 atom stereocenters. The van der Waals surface area contributed by atoms with Crippen LogP contribution in [0.3, 0.4) is 0 Å². The lowest BCUT2D eigenvalue weighted by atomic mass is 10.1. The van der Waals surface area contributed by atoms with Crippen LogP contribution in [0.5, 0.6) is 5.75 Å². The van der Waals surface area contributed by atoms with E-state index in [0.717, 1.165) is 33.0 Å². The summed E-state index contributed by atoms with van der Waals surface area (Å²) in [5.41, 5.74) is 3.62. The van der Waals surface area contributed by atoms with Crippen molar-refractivity contribution in [2.75, 3.05) is 13.7 Å². The average Bonchev–Trinajstić information content (AvgIpc) is 3.36. The lowest BCUT2D eigenvalue weighted by Crippen LogP contribution is -2.27. The van der Waals surface area contributed by atoms with Crippen molar-refractivity contribution in [2.24, 2.45) is 0 Å². The predicted molar refractivity (Wildman–Crippen MR) is 113 cm³/mol. The highest BCUT2D eigenvalue weighted by Crippen LogP contribution is 2.32. The summed E-state index contributed by atoms with van der Waals surface area (Å²) in [7, 11) is 1.66. The summed E-state index contributed by atoms with van der Waals surface area (Å²) in [6, 6.07) is 17.5. The zero-order chi connectivity index (χ0) is 19.5. The van der Waals surface area contributed by atoms with Gasteiger partial charge in [-0.25, -0.2) is 4.98 Å². The highest BCUT2D eigenvalue weighted by Gasteiger charge is 2.17. The smallest absolute Gasteiger partial charge is 0.251 e. The highest BCUT2D eigenvalue weighted by molar-refractivity contribution is 7.13. The number of amides is 1. The first-order valence-corrected chi connectivity index (χ1v) is 9.97. The van der Waals surface area contributed by atoms with Crippen molar-refractivity contribution < 1.29 is 9.53 Å². The molecule has 0 aliphatic heterocycles. The molecule has 2 aromatic carbocycles. The SMILES string of the molecule is COc1cccc2nc(-c3cccs3)n(CCNC(=O)c3ccc(C)cc3)c12. The van der Waals surface area contributed by atoms with Gasteiger partial charge >= 0.3 is 0 Å². The summed E-state index contributed by atoms with van der Waals surface area (Å²) in [5.74, 6) is 1.59. The Hall–Kier alpha value is -3.12. The van der Waals surface area contributed by atoms with Crippen LogP contribution in [0.2, 0.25) is 0 Å². The van der Waals surface area contributed by atoms with E-state index in [1.54, 1.807) is 18.4 Å². The van der Waals surface area contributed by atoms with Gasteiger partial charge in [-0.1, -0.05) is 29.8 Å². The van der Waals surface area contributed by atoms with Crippen molar-refractivity contribution in [1.29, 1.82) is 0 Å². The van der Waals surface area contributed by atoms with Gasteiger partial charge in [-0.15, -0.1) is 11.3 Å². The van der Waals surface area contributed by atoms with E-state index in [1.807, 2.05) is 60.8 Å². The van der Waals surface area contributed by atoms with Gasteiger partial charge in [0.2, 0.25) is 0 Å². The number of aryl methyl sites for hydroxylation is 1. The molecule has 4 aromatic rings. The molecule has 1 N–H and O–H groups in total.